The number of carbonyl (C=O) groups is 1. The summed E-state index contributed by atoms with van der Waals surface area (Å²) in [4.78, 5) is 20.1. The van der Waals surface area contributed by atoms with Gasteiger partial charge >= 0.3 is 5.97 Å². The van der Waals surface area contributed by atoms with Crippen LogP contribution in [0.25, 0.3) is 10.9 Å². The van der Waals surface area contributed by atoms with Gasteiger partial charge in [-0.05, 0) is 64.4 Å². The quantitative estimate of drug-likeness (QED) is 0.499. The van der Waals surface area contributed by atoms with Crippen LogP contribution in [0.15, 0.2) is 42.5 Å². The number of morpholine rings is 1. The molecule has 0 bridgehead atoms. The first kappa shape index (κ1) is 24.5. The number of anilines is 2. The second kappa shape index (κ2) is 9.93. The smallest absolute Gasteiger partial charge is 0.340 e. The fourth-order valence-electron chi connectivity index (χ4n) is 4.33. The zero-order chi connectivity index (χ0) is 25.2. The topological polar surface area (TPSA) is 87.5 Å². The Kier molecular flexibility index (Phi) is 6.95. The zero-order valence-electron chi connectivity index (χ0n) is 21.0. The van der Waals surface area contributed by atoms with E-state index < -0.39 is 5.60 Å². The number of nitriles is 1. The van der Waals surface area contributed by atoms with Crippen LogP contribution < -0.4 is 10.2 Å². The summed E-state index contributed by atoms with van der Waals surface area (Å²) in [6.45, 7) is 12.4. The average Bonchev–Trinajstić information content (AvgIpc) is 2.83. The third-order valence-corrected chi connectivity index (χ3v) is 6.02. The van der Waals surface area contributed by atoms with Crippen molar-refractivity contribution in [1.82, 2.24) is 4.98 Å². The number of esters is 1. The van der Waals surface area contributed by atoms with Crippen molar-refractivity contribution < 1.29 is 14.3 Å². The Hall–Kier alpha value is -3.63. The van der Waals surface area contributed by atoms with Crippen LogP contribution in [-0.4, -0.2) is 42.9 Å². The van der Waals surface area contributed by atoms with Crippen LogP contribution in [0.1, 0.15) is 60.8 Å². The number of para-hydroxylation sites is 1. The molecule has 1 aliphatic rings. The van der Waals surface area contributed by atoms with E-state index in [4.69, 9.17) is 14.5 Å². The van der Waals surface area contributed by atoms with Gasteiger partial charge in [0.25, 0.3) is 0 Å². The van der Waals surface area contributed by atoms with E-state index in [0.29, 0.717) is 30.0 Å². The molecule has 7 nitrogen and oxygen atoms in total. The van der Waals surface area contributed by atoms with Crippen LogP contribution in [-0.2, 0) is 9.47 Å². The predicted octanol–water partition coefficient (Wildman–Crippen LogP) is 5.38. The van der Waals surface area contributed by atoms with E-state index in [1.165, 1.54) is 0 Å². The largest absolute Gasteiger partial charge is 0.456 e. The number of fused-ring (bicyclic) bond motifs is 1. The number of aryl methyl sites for hydroxylation is 1. The van der Waals surface area contributed by atoms with E-state index in [2.05, 4.69) is 16.3 Å². The number of hydrogen-bond acceptors (Lipinski definition) is 7. The van der Waals surface area contributed by atoms with Crippen molar-refractivity contribution >= 4 is 28.4 Å². The Bertz CT molecular complexity index is 1280. The van der Waals surface area contributed by atoms with Gasteiger partial charge in [-0.25, -0.2) is 9.78 Å². The molecule has 1 atom stereocenters. The fraction of sp³-hybridized carbons (Fsp3) is 0.393. The molecular weight excluding hydrogens is 440 g/mol. The molecule has 182 valence electrons. The van der Waals surface area contributed by atoms with E-state index in [-0.39, 0.29) is 12.0 Å². The fourth-order valence-corrected chi connectivity index (χ4v) is 4.33. The van der Waals surface area contributed by atoms with Crippen molar-refractivity contribution in [2.24, 2.45) is 0 Å². The van der Waals surface area contributed by atoms with E-state index in [9.17, 15) is 10.1 Å². The minimum atomic E-state index is -0.587. The minimum absolute atomic E-state index is 0.181. The van der Waals surface area contributed by atoms with E-state index in [0.717, 1.165) is 40.9 Å². The zero-order valence-corrected chi connectivity index (χ0v) is 21.0. The Balaban J connectivity index is 1.74. The molecule has 0 radical (unpaired) electrons. The number of hydrogen-bond donors (Lipinski definition) is 1. The molecule has 0 aliphatic carbocycles. The maximum absolute atomic E-state index is 12.8. The molecule has 0 saturated carbocycles. The van der Waals surface area contributed by atoms with Gasteiger partial charge in [-0.15, -0.1) is 0 Å². The first-order chi connectivity index (χ1) is 16.7. The van der Waals surface area contributed by atoms with E-state index in [1.807, 2.05) is 71.0 Å². The van der Waals surface area contributed by atoms with Crippen molar-refractivity contribution in [2.75, 3.05) is 36.5 Å². The van der Waals surface area contributed by atoms with Crippen molar-refractivity contribution in [3.63, 3.8) is 0 Å². The molecule has 3 aromatic rings. The van der Waals surface area contributed by atoms with Crippen LogP contribution in [0, 0.1) is 18.3 Å². The average molecular weight is 473 g/mol. The van der Waals surface area contributed by atoms with Crippen LogP contribution in [0.5, 0.6) is 0 Å². The normalized spacial score (nSPS) is 14.9. The second-order valence-corrected chi connectivity index (χ2v) is 9.85. The Morgan fingerprint density at radius 1 is 1.20 bits per heavy atom. The van der Waals surface area contributed by atoms with E-state index in [1.54, 1.807) is 6.07 Å². The molecule has 1 N–H and O–H groups in total. The first-order valence-electron chi connectivity index (χ1n) is 11.9. The lowest BCUT2D eigenvalue weighted by atomic mass is 9.95. The molecule has 1 unspecified atom stereocenters. The highest BCUT2D eigenvalue weighted by molar-refractivity contribution is 5.96. The Morgan fingerprint density at radius 3 is 2.60 bits per heavy atom. The molecule has 2 aromatic carbocycles. The summed E-state index contributed by atoms with van der Waals surface area (Å²) < 4.78 is 11.1. The third kappa shape index (κ3) is 5.39. The molecule has 0 amide bonds. The SMILES string of the molecule is Cc1cc(C(C)Nc2ccccc2C(=O)OC(C)(C)C)c2nc(N3CCOCC3)ccc2c1C#N. The molecule has 35 heavy (non-hydrogen) atoms. The Morgan fingerprint density at radius 2 is 1.91 bits per heavy atom. The number of benzene rings is 2. The van der Waals surface area contributed by atoms with Crippen molar-refractivity contribution in [3.8, 4) is 6.07 Å². The van der Waals surface area contributed by atoms with Crippen molar-refractivity contribution in [3.05, 3.63) is 64.7 Å². The molecular formula is C28H32N4O3. The number of aromatic nitrogens is 1. The predicted molar refractivity (Wildman–Crippen MR) is 138 cm³/mol. The number of rotatable bonds is 5. The maximum Gasteiger partial charge on any atom is 0.340 e. The lowest BCUT2D eigenvalue weighted by molar-refractivity contribution is 0.00706. The molecule has 4 rings (SSSR count). The minimum Gasteiger partial charge on any atom is -0.456 e. The molecule has 2 heterocycles. The maximum atomic E-state index is 12.8. The Labute approximate surface area is 206 Å². The summed E-state index contributed by atoms with van der Waals surface area (Å²) in [6, 6.07) is 15.5. The molecule has 1 aliphatic heterocycles. The van der Waals surface area contributed by atoms with E-state index >= 15 is 0 Å². The second-order valence-electron chi connectivity index (χ2n) is 9.85. The van der Waals surface area contributed by atoms with Gasteiger partial charge in [0.1, 0.15) is 17.5 Å². The summed E-state index contributed by atoms with van der Waals surface area (Å²) in [5.74, 6) is 0.498. The van der Waals surface area contributed by atoms with Gasteiger partial charge in [0, 0.05) is 29.7 Å². The van der Waals surface area contributed by atoms with Crippen molar-refractivity contribution in [2.45, 2.75) is 46.3 Å². The highest BCUT2D eigenvalue weighted by atomic mass is 16.6. The van der Waals surface area contributed by atoms with Crippen molar-refractivity contribution in [1.29, 1.82) is 5.26 Å². The molecule has 1 aromatic heterocycles. The number of nitrogens with one attached hydrogen (secondary N) is 1. The van der Waals surface area contributed by atoms with Crippen LogP contribution in [0.4, 0.5) is 11.5 Å². The lowest BCUT2D eigenvalue weighted by Crippen LogP contribution is -2.36. The standard InChI is InChI=1S/C28H32N4O3/c1-18-16-22(19(2)30-24-9-7-6-8-21(24)27(33)35-28(3,4)5)26-20(23(18)17-29)10-11-25(31-26)32-12-14-34-15-13-32/h6-11,16,19,30H,12-15H2,1-5H3. The van der Waals surface area contributed by atoms with Gasteiger partial charge in [-0.1, -0.05) is 18.2 Å². The number of pyridine rings is 1. The third-order valence-electron chi connectivity index (χ3n) is 6.02. The summed E-state index contributed by atoms with van der Waals surface area (Å²) in [7, 11) is 0. The van der Waals surface area contributed by atoms with Gasteiger partial charge in [0.05, 0.1) is 35.9 Å². The first-order valence-corrected chi connectivity index (χ1v) is 11.9. The van der Waals surface area contributed by atoms with Crippen LogP contribution >= 0.6 is 0 Å². The number of nitrogens with zero attached hydrogens (tertiary/aromatic N) is 3. The highest BCUT2D eigenvalue weighted by Gasteiger charge is 2.23. The molecule has 0 spiro atoms. The highest BCUT2D eigenvalue weighted by Crippen LogP contribution is 2.33. The molecule has 1 saturated heterocycles. The van der Waals surface area contributed by atoms with Crippen LogP contribution in [0.3, 0.4) is 0 Å². The number of ether oxygens (including phenoxy) is 2. The number of carbonyl (C=O) groups excluding carboxylic acids is 1. The lowest BCUT2D eigenvalue weighted by Gasteiger charge is -2.28. The van der Waals surface area contributed by atoms with Crippen LogP contribution in [0.2, 0.25) is 0 Å². The molecule has 7 heteroatoms. The van der Waals surface area contributed by atoms with Gasteiger partial charge in [0.2, 0.25) is 0 Å². The molecule has 1 fully saturated rings. The monoisotopic (exact) mass is 472 g/mol. The summed E-state index contributed by atoms with van der Waals surface area (Å²) >= 11 is 0. The summed E-state index contributed by atoms with van der Waals surface area (Å²) in [6.07, 6.45) is 0. The van der Waals surface area contributed by atoms with Gasteiger partial charge < -0.3 is 19.7 Å². The van der Waals surface area contributed by atoms with Gasteiger partial charge in [-0.3, -0.25) is 0 Å². The van der Waals surface area contributed by atoms with Gasteiger partial charge in [-0.2, -0.15) is 5.26 Å². The summed E-state index contributed by atoms with van der Waals surface area (Å²) in [5.41, 5.74) is 3.85. The van der Waals surface area contributed by atoms with Gasteiger partial charge in [0.15, 0.2) is 0 Å². The summed E-state index contributed by atoms with van der Waals surface area (Å²) in [5, 5.41) is 14.1.